The maximum absolute atomic E-state index is 13.8. The Morgan fingerprint density at radius 1 is 0.745 bits per heavy atom. The van der Waals surface area contributed by atoms with Crippen LogP contribution in [0, 0.1) is 0 Å². The molecule has 0 bridgehead atoms. The van der Waals surface area contributed by atoms with E-state index >= 15 is 0 Å². The number of rotatable bonds is 23. The van der Waals surface area contributed by atoms with Crippen molar-refractivity contribution in [2.45, 2.75) is 123 Å². The first-order valence-corrected chi connectivity index (χ1v) is 20.1. The second-order valence-electron chi connectivity index (χ2n) is 13.9. The van der Waals surface area contributed by atoms with Crippen molar-refractivity contribution in [2.75, 3.05) is 11.9 Å². The second-order valence-corrected chi connectivity index (χ2v) is 14.3. The highest BCUT2D eigenvalue weighted by molar-refractivity contribution is 6.34. The third-order valence-electron chi connectivity index (χ3n) is 9.53. The lowest BCUT2D eigenvalue weighted by Crippen LogP contribution is -2.37. The molecule has 296 valence electrons. The minimum Gasteiger partial charge on any atom is -0.463 e. The highest BCUT2D eigenvalue weighted by atomic mass is 35.5. The van der Waals surface area contributed by atoms with Crippen molar-refractivity contribution in [3.05, 3.63) is 116 Å². The smallest absolute Gasteiger partial charge is 0.352 e. The van der Waals surface area contributed by atoms with Crippen LogP contribution in [0.1, 0.15) is 126 Å². The third kappa shape index (κ3) is 12.6. The highest BCUT2D eigenvalue weighted by Gasteiger charge is 2.28. The normalized spacial score (nSPS) is 12.2. The molecule has 1 heterocycles. The lowest BCUT2D eigenvalue weighted by atomic mass is 10.1. The monoisotopic (exact) mass is 774 g/mol. The van der Waals surface area contributed by atoms with Crippen LogP contribution in [-0.4, -0.2) is 44.5 Å². The van der Waals surface area contributed by atoms with E-state index in [1.54, 1.807) is 30.3 Å². The van der Waals surface area contributed by atoms with Gasteiger partial charge in [0.25, 0.3) is 0 Å². The van der Waals surface area contributed by atoms with Gasteiger partial charge in [-0.2, -0.15) is 4.68 Å². The molecule has 0 aliphatic heterocycles. The Labute approximate surface area is 328 Å². The molecular formula is C43H55ClN4O7. The number of amides is 1. The first-order valence-electron chi connectivity index (χ1n) is 19.7. The summed E-state index contributed by atoms with van der Waals surface area (Å²) in [6.07, 6.45) is 12.3. The molecule has 1 amide bonds. The third-order valence-corrected chi connectivity index (χ3v) is 9.86. The van der Waals surface area contributed by atoms with Crippen molar-refractivity contribution in [1.82, 2.24) is 13.9 Å². The van der Waals surface area contributed by atoms with Gasteiger partial charge < -0.3 is 14.8 Å². The van der Waals surface area contributed by atoms with Gasteiger partial charge in [-0.1, -0.05) is 138 Å². The van der Waals surface area contributed by atoms with Crippen molar-refractivity contribution in [3.63, 3.8) is 0 Å². The van der Waals surface area contributed by atoms with E-state index in [9.17, 15) is 24.0 Å². The molecule has 0 fully saturated rings. The summed E-state index contributed by atoms with van der Waals surface area (Å²) in [5.41, 5.74) is -0.00608. The molecule has 2 unspecified atom stereocenters. The minimum absolute atomic E-state index is 0.0500. The minimum atomic E-state index is -1.26. The van der Waals surface area contributed by atoms with Crippen molar-refractivity contribution in [1.29, 1.82) is 0 Å². The zero-order valence-corrected chi connectivity index (χ0v) is 33.1. The summed E-state index contributed by atoms with van der Waals surface area (Å²) in [4.78, 5) is 67.6. The van der Waals surface area contributed by atoms with Gasteiger partial charge in [0.15, 0.2) is 6.10 Å². The number of benzene rings is 3. The van der Waals surface area contributed by atoms with Crippen LogP contribution in [-0.2, 0) is 25.6 Å². The number of nitrogens with zero attached hydrogens (tertiary/aromatic N) is 3. The van der Waals surface area contributed by atoms with E-state index < -0.39 is 41.4 Å². The molecule has 11 nitrogen and oxygen atoms in total. The zero-order chi connectivity index (χ0) is 39.6. The predicted octanol–water partition coefficient (Wildman–Crippen LogP) is 8.88. The van der Waals surface area contributed by atoms with Crippen LogP contribution < -0.4 is 16.7 Å². The number of esters is 2. The van der Waals surface area contributed by atoms with Gasteiger partial charge in [0.1, 0.15) is 6.04 Å². The molecule has 55 heavy (non-hydrogen) atoms. The Kier molecular flexibility index (Phi) is 17.5. The number of para-hydroxylation sites is 1. The molecule has 2 atom stereocenters. The van der Waals surface area contributed by atoms with Gasteiger partial charge in [-0.25, -0.2) is 28.4 Å². The maximum atomic E-state index is 13.8. The molecule has 0 saturated heterocycles. The molecule has 12 heteroatoms. The predicted molar refractivity (Wildman–Crippen MR) is 216 cm³/mol. The van der Waals surface area contributed by atoms with E-state index in [1.807, 2.05) is 37.3 Å². The van der Waals surface area contributed by atoms with Gasteiger partial charge in [0.05, 0.1) is 35.1 Å². The van der Waals surface area contributed by atoms with Gasteiger partial charge in [0, 0.05) is 0 Å². The molecule has 1 aromatic heterocycles. The fourth-order valence-electron chi connectivity index (χ4n) is 6.31. The molecule has 0 aliphatic rings. The summed E-state index contributed by atoms with van der Waals surface area (Å²) in [6.45, 7) is 5.99. The Morgan fingerprint density at radius 2 is 1.35 bits per heavy atom. The molecule has 0 aliphatic carbocycles. The molecule has 0 radical (unpaired) electrons. The Bertz CT molecular complexity index is 1940. The van der Waals surface area contributed by atoms with E-state index in [-0.39, 0.29) is 29.4 Å². The molecule has 0 saturated carbocycles. The van der Waals surface area contributed by atoms with Gasteiger partial charge in [-0.3, -0.25) is 4.79 Å². The summed E-state index contributed by atoms with van der Waals surface area (Å²) in [5, 5.41) is 2.78. The van der Waals surface area contributed by atoms with Crippen molar-refractivity contribution >= 4 is 35.1 Å². The molecule has 0 spiro atoms. The van der Waals surface area contributed by atoms with Crippen LogP contribution in [0.15, 0.2) is 88.5 Å². The highest BCUT2D eigenvalue weighted by Crippen LogP contribution is 2.25. The van der Waals surface area contributed by atoms with Crippen molar-refractivity contribution in [2.24, 2.45) is 0 Å². The fourth-order valence-corrected chi connectivity index (χ4v) is 6.48. The summed E-state index contributed by atoms with van der Waals surface area (Å²) in [7, 11) is 0. The zero-order valence-electron chi connectivity index (χ0n) is 32.3. The van der Waals surface area contributed by atoms with E-state index in [1.165, 1.54) is 79.4 Å². The molecule has 4 aromatic rings. The second kappa shape index (κ2) is 22.5. The summed E-state index contributed by atoms with van der Waals surface area (Å²) >= 11 is 6.44. The molecule has 4 rings (SSSR count). The molecular weight excluding hydrogens is 720 g/mol. The number of ether oxygens (including phenoxy) is 2. The number of carbonyl (C=O) groups excluding carboxylic acids is 3. The largest absolute Gasteiger partial charge is 0.463 e. The number of nitrogens with one attached hydrogen (secondary N) is 1. The van der Waals surface area contributed by atoms with Gasteiger partial charge in [-0.05, 0) is 62.1 Å². The number of carbonyl (C=O) groups is 3. The molecule has 1 N–H and O–H groups in total. The average Bonchev–Trinajstić information content (AvgIpc) is 3.43. The topological polar surface area (TPSA) is 131 Å². The van der Waals surface area contributed by atoms with Crippen LogP contribution in [0.4, 0.5) is 5.69 Å². The first kappa shape index (κ1) is 42.8. The standard InChI is InChI=1S/C43H55ClN4O7/c1-4-6-8-9-10-11-12-13-14-21-29-54-41(51)38(26-7-5-2)55-40(50)34-27-28-36(44)37(30-34)45-39(49)32(3)47-42(52)46(31-33-22-17-15-18-23-33)48(43(47)53)35-24-19-16-20-25-35/h15-20,22-25,27-28,30,32,38H,4-14,21,26,29,31H2,1-3H3,(H,45,49). The van der Waals surface area contributed by atoms with Gasteiger partial charge in [-0.15, -0.1) is 0 Å². The van der Waals surface area contributed by atoms with Crippen molar-refractivity contribution in [3.8, 4) is 5.69 Å². The Morgan fingerprint density at radius 3 is 1.98 bits per heavy atom. The number of aromatic nitrogens is 3. The lowest BCUT2D eigenvalue weighted by molar-refractivity contribution is -0.154. The number of hydrogen-bond donors (Lipinski definition) is 1. The van der Waals surface area contributed by atoms with E-state index in [2.05, 4.69) is 12.2 Å². The van der Waals surface area contributed by atoms with Crippen molar-refractivity contribution < 1.29 is 23.9 Å². The van der Waals surface area contributed by atoms with Crippen LogP contribution in [0.25, 0.3) is 5.69 Å². The van der Waals surface area contributed by atoms with Gasteiger partial charge >= 0.3 is 23.3 Å². The van der Waals surface area contributed by atoms with Gasteiger partial charge in [0.2, 0.25) is 5.91 Å². The van der Waals surface area contributed by atoms with Crippen LogP contribution >= 0.6 is 11.6 Å². The average molecular weight is 775 g/mol. The summed E-state index contributed by atoms with van der Waals surface area (Å²) < 4.78 is 14.6. The maximum Gasteiger partial charge on any atom is 0.352 e. The SMILES string of the molecule is CCCCCCCCCCCCOC(=O)C(CCCC)OC(=O)c1ccc(Cl)c(NC(=O)C(C)n2c(=O)n(Cc3ccccc3)n(-c3ccccc3)c2=O)c1. The fraction of sp³-hybridized carbons (Fsp3) is 0.465. The summed E-state index contributed by atoms with van der Waals surface area (Å²) in [6, 6.07) is 20.8. The van der Waals surface area contributed by atoms with Crippen LogP contribution in [0.2, 0.25) is 5.02 Å². The van der Waals surface area contributed by atoms with Crippen LogP contribution in [0.5, 0.6) is 0 Å². The van der Waals surface area contributed by atoms with E-state index in [0.29, 0.717) is 18.5 Å². The summed E-state index contributed by atoms with van der Waals surface area (Å²) in [5.74, 6) is -2.07. The quantitative estimate of drug-likeness (QED) is 0.0589. The number of hydrogen-bond acceptors (Lipinski definition) is 7. The van der Waals surface area contributed by atoms with E-state index in [4.69, 9.17) is 21.1 Å². The molecule has 3 aromatic carbocycles. The Balaban J connectivity index is 1.41. The number of anilines is 1. The van der Waals surface area contributed by atoms with Crippen LogP contribution in [0.3, 0.4) is 0 Å². The Hall–Kier alpha value is -4.90. The number of halogens is 1. The number of unbranched alkanes of at least 4 members (excludes halogenated alkanes) is 10. The van der Waals surface area contributed by atoms with E-state index in [0.717, 1.165) is 35.8 Å². The lowest BCUT2D eigenvalue weighted by Gasteiger charge is -2.18. The first-order chi connectivity index (χ1) is 26.7.